The van der Waals surface area contributed by atoms with Gasteiger partial charge in [0, 0.05) is 11.5 Å². The maximum absolute atomic E-state index is 11.9. The third-order valence-corrected chi connectivity index (χ3v) is 2.99. The second kappa shape index (κ2) is 6.02. The van der Waals surface area contributed by atoms with E-state index in [4.69, 9.17) is 0 Å². The average molecular weight is 200 g/mol. The van der Waals surface area contributed by atoms with Gasteiger partial charge in [-0.3, -0.25) is 10.2 Å². The Morgan fingerprint density at radius 3 is 1.86 bits per heavy atom. The first-order valence-electron chi connectivity index (χ1n) is 5.58. The third kappa shape index (κ3) is 3.29. The molecule has 0 spiro atoms. The largest absolute Gasteiger partial charge is 0.291 e. The molecule has 2 N–H and O–H groups in total. The van der Waals surface area contributed by atoms with E-state index in [1.807, 2.05) is 13.8 Å². The molecule has 0 fully saturated rings. The van der Waals surface area contributed by atoms with Gasteiger partial charge in [0.15, 0.2) is 0 Å². The maximum atomic E-state index is 11.9. The van der Waals surface area contributed by atoms with Crippen LogP contribution >= 0.6 is 0 Å². The predicted octanol–water partition coefficient (Wildman–Crippen LogP) is 2.23. The number of hydrogen-bond donors (Lipinski definition) is 2. The van der Waals surface area contributed by atoms with E-state index in [2.05, 4.69) is 31.6 Å². The van der Waals surface area contributed by atoms with Gasteiger partial charge in [0.25, 0.3) is 0 Å². The van der Waals surface area contributed by atoms with Crippen molar-refractivity contribution < 1.29 is 4.79 Å². The van der Waals surface area contributed by atoms with Crippen molar-refractivity contribution >= 4 is 5.91 Å². The minimum Gasteiger partial charge on any atom is -0.291 e. The van der Waals surface area contributed by atoms with Crippen molar-refractivity contribution in [3.63, 3.8) is 0 Å². The third-order valence-electron chi connectivity index (χ3n) is 2.99. The van der Waals surface area contributed by atoms with Crippen LogP contribution in [0.2, 0.25) is 0 Å². The Kier molecular flexibility index (Phi) is 5.77. The van der Waals surface area contributed by atoms with E-state index in [1.54, 1.807) is 0 Å². The maximum Gasteiger partial charge on any atom is 0.240 e. The molecule has 1 amide bonds. The SMILES string of the molecule is CCC(CC)(CC)C(=O)NNC(C)C. The van der Waals surface area contributed by atoms with E-state index in [9.17, 15) is 4.79 Å². The number of amides is 1. The fourth-order valence-corrected chi connectivity index (χ4v) is 1.57. The molecule has 0 unspecified atom stereocenters. The van der Waals surface area contributed by atoms with Crippen molar-refractivity contribution in [3.05, 3.63) is 0 Å². The monoisotopic (exact) mass is 200 g/mol. The summed E-state index contributed by atoms with van der Waals surface area (Å²) in [5, 5.41) is 0. The fourth-order valence-electron chi connectivity index (χ4n) is 1.57. The highest BCUT2D eigenvalue weighted by molar-refractivity contribution is 5.82. The summed E-state index contributed by atoms with van der Waals surface area (Å²) in [6, 6.07) is 0.280. The molecule has 0 saturated heterocycles. The van der Waals surface area contributed by atoms with Crippen LogP contribution in [0, 0.1) is 5.41 Å². The highest BCUT2D eigenvalue weighted by Crippen LogP contribution is 2.30. The van der Waals surface area contributed by atoms with Gasteiger partial charge in [0.05, 0.1) is 0 Å². The molecule has 0 aliphatic carbocycles. The van der Waals surface area contributed by atoms with Crippen molar-refractivity contribution in [2.24, 2.45) is 5.41 Å². The number of hydrazine groups is 1. The first-order chi connectivity index (χ1) is 6.52. The van der Waals surface area contributed by atoms with Gasteiger partial charge in [-0.25, -0.2) is 5.43 Å². The van der Waals surface area contributed by atoms with Crippen LogP contribution < -0.4 is 10.9 Å². The van der Waals surface area contributed by atoms with Crippen molar-refractivity contribution in [2.45, 2.75) is 59.9 Å². The van der Waals surface area contributed by atoms with E-state index >= 15 is 0 Å². The molecule has 0 atom stereocenters. The van der Waals surface area contributed by atoms with Gasteiger partial charge in [-0.05, 0) is 33.1 Å². The Hall–Kier alpha value is -0.570. The van der Waals surface area contributed by atoms with Gasteiger partial charge in [0.2, 0.25) is 5.91 Å². The number of rotatable bonds is 6. The number of nitrogens with one attached hydrogen (secondary N) is 2. The fraction of sp³-hybridized carbons (Fsp3) is 0.909. The summed E-state index contributed by atoms with van der Waals surface area (Å²) >= 11 is 0. The zero-order chi connectivity index (χ0) is 11.2. The molecule has 0 aromatic rings. The Labute approximate surface area is 87.6 Å². The zero-order valence-corrected chi connectivity index (χ0v) is 10.1. The molecule has 3 heteroatoms. The van der Waals surface area contributed by atoms with Crippen LogP contribution in [-0.4, -0.2) is 11.9 Å². The van der Waals surface area contributed by atoms with E-state index in [0.717, 1.165) is 19.3 Å². The van der Waals surface area contributed by atoms with Gasteiger partial charge < -0.3 is 0 Å². The number of carbonyl (C=O) groups is 1. The highest BCUT2D eigenvalue weighted by Gasteiger charge is 2.32. The molecule has 0 aromatic heterocycles. The van der Waals surface area contributed by atoms with Crippen molar-refractivity contribution in [2.75, 3.05) is 0 Å². The summed E-state index contributed by atoms with van der Waals surface area (Å²) < 4.78 is 0. The molecule has 0 rings (SSSR count). The quantitative estimate of drug-likeness (QED) is 0.646. The summed E-state index contributed by atoms with van der Waals surface area (Å²) in [6.45, 7) is 10.2. The van der Waals surface area contributed by atoms with Crippen LogP contribution in [-0.2, 0) is 4.79 Å². The zero-order valence-electron chi connectivity index (χ0n) is 10.1. The van der Waals surface area contributed by atoms with Gasteiger partial charge in [0.1, 0.15) is 0 Å². The molecule has 84 valence electrons. The molecule has 0 radical (unpaired) electrons. The average Bonchev–Trinajstić information content (AvgIpc) is 2.18. The van der Waals surface area contributed by atoms with Gasteiger partial charge in [-0.2, -0.15) is 0 Å². The Morgan fingerprint density at radius 2 is 1.57 bits per heavy atom. The molecule has 3 nitrogen and oxygen atoms in total. The normalized spacial score (nSPS) is 11.9. The Morgan fingerprint density at radius 1 is 1.14 bits per heavy atom. The minimum absolute atomic E-state index is 0.124. The lowest BCUT2D eigenvalue weighted by atomic mass is 9.79. The summed E-state index contributed by atoms with van der Waals surface area (Å²) in [4.78, 5) is 11.9. The van der Waals surface area contributed by atoms with Crippen molar-refractivity contribution in [3.8, 4) is 0 Å². The lowest BCUT2D eigenvalue weighted by molar-refractivity contribution is -0.133. The van der Waals surface area contributed by atoms with Crippen LogP contribution in [0.3, 0.4) is 0 Å². The lowest BCUT2D eigenvalue weighted by Gasteiger charge is -2.29. The summed E-state index contributed by atoms with van der Waals surface area (Å²) in [6.07, 6.45) is 2.68. The molecule has 0 saturated carbocycles. The predicted molar refractivity (Wildman–Crippen MR) is 59.7 cm³/mol. The van der Waals surface area contributed by atoms with Gasteiger partial charge in [-0.1, -0.05) is 20.8 Å². The minimum atomic E-state index is -0.193. The molecule has 0 bridgehead atoms. The van der Waals surface area contributed by atoms with E-state index in [-0.39, 0.29) is 17.4 Å². The second-order valence-corrected chi connectivity index (χ2v) is 4.09. The summed E-state index contributed by atoms with van der Waals surface area (Å²) in [5.41, 5.74) is 5.55. The second-order valence-electron chi connectivity index (χ2n) is 4.09. The van der Waals surface area contributed by atoms with Crippen LogP contribution in [0.4, 0.5) is 0 Å². The summed E-state index contributed by atoms with van der Waals surface area (Å²) in [7, 11) is 0. The van der Waals surface area contributed by atoms with Crippen molar-refractivity contribution in [1.29, 1.82) is 0 Å². The molecule has 0 aliphatic rings. The lowest BCUT2D eigenvalue weighted by Crippen LogP contribution is -2.49. The van der Waals surface area contributed by atoms with Crippen LogP contribution in [0.5, 0.6) is 0 Å². The van der Waals surface area contributed by atoms with Gasteiger partial charge >= 0.3 is 0 Å². The van der Waals surface area contributed by atoms with E-state index < -0.39 is 0 Å². The standard InChI is InChI=1S/C11H24N2O/c1-6-11(7-2,8-3)10(14)13-12-9(4)5/h9,12H,6-8H2,1-5H3,(H,13,14). The number of hydrogen-bond acceptors (Lipinski definition) is 2. The van der Waals surface area contributed by atoms with E-state index in [0.29, 0.717) is 0 Å². The Bertz CT molecular complexity index is 166. The van der Waals surface area contributed by atoms with Crippen LogP contribution in [0.15, 0.2) is 0 Å². The molecule has 0 heterocycles. The first kappa shape index (κ1) is 13.4. The van der Waals surface area contributed by atoms with Crippen LogP contribution in [0.25, 0.3) is 0 Å². The number of carbonyl (C=O) groups excluding carboxylic acids is 1. The van der Waals surface area contributed by atoms with E-state index in [1.165, 1.54) is 0 Å². The van der Waals surface area contributed by atoms with Gasteiger partial charge in [-0.15, -0.1) is 0 Å². The topological polar surface area (TPSA) is 41.1 Å². The molecule has 0 aromatic carbocycles. The molecule has 0 aliphatic heterocycles. The van der Waals surface area contributed by atoms with Crippen LogP contribution in [0.1, 0.15) is 53.9 Å². The Balaban J connectivity index is 4.29. The molecule has 14 heavy (non-hydrogen) atoms. The van der Waals surface area contributed by atoms with Crippen molar-refractivity contribution in [1.82, 2.24) is 10.9 Å². The molecular weight excluding hydrogens is 176 g/mol. The highest BCUT2D eigenvalue weighted by atomic mass is 16.2. The molecular formula is C11H24N2O. The summed E-state index contributed by atoms with van der Waals surface area (Å²) in [5.74, 6) is 0.124. The smallest absolute Gasteiger partial charge is 0.240 e. The first-order valence-corrected chi connectivity index (χ1v) is 5.58.